The summed E-state index contributed by atoms with van der Waals surface area (Å²) in [6, 6.07) is 125. The molecule has 20 heteroatoms. The van der Waals surface area contributed by atoms with Gasteiger partial charge in [-0.2, -0.15) is 13.7 Å². The number of fused-ring (bicyclic) bond motifs is 9. The van der Waals surface area contributed by atoms with Gasteiger partial charge in [0.2, 0.25) is 11.8 Å². The van der Waals surface area contributed by atoms with Crippen molar-refractivity contribution in [2.24, 2.45) is 0 Å². The maximum absolute atomic E-state index is 11.8. The molecule has 0 radical (unpaired) electrons. The molecule has 119 heavy (non-hydrogen) atoms. The van der Waals surface area contributed by atoms with Crippen LogP contribution in [-0.2, 0) is 16.8 Å². The number of hydrogen-bond acceptors (Lipinski definition) is 8. The standard InChI is InChI=1S/2C33H20Br2N2O.C19H10Br2N2.C14H12O.H2O4S/c2*34-24-14-16-29-27(19-24)28-20-25(35)15-17-30(28)37(29)26-13-7-12-23(18-26)33-36-31(21-8-3-1-4-9-21)32(38-33)22-10-5-2-6-11-22;20-13-4-6-18-16(9-13)17-10-14(21)5-7-19(17)23(18)15-3-1-2-12(8-15)11-22;15-14(13-9-5-2-6-10-13)11-12-7-3-1-4-8-12;1-5(2,3)4/h2*1-20H;1-10H;1-10H,11H2;(H2,1,2,3,4). The molecule has 15 aromatic carbocycles. The fourth-order valence-electron chi connectivity index (χ4n) is 14.6. The molecule has 580 valence electrons. The highest BCUT2D eigenvalue weighted by atomic mass is 79.9. The average molecular weight is 1960 g/mol. The molecule has 13 nitrogen and oxygen atoms in total. The number of carbonyl (C=O) groups excluding carboxylic acids is 1. The van der Waals surface area contributed by atoms with Crippen molar-refractivity contribution < 1.29 is 31.2 Å². The Kier molecular flexibility index (Phi) is 24.5. The second-order valence-electron chi connectivity index (χ2n) is 27.5. The average Bonchev–Trinajstić information content (AvgIpc) is 1.60. The van der Waals surface area contributed by atoms with E-state index < -0.39 is 10.4 Å². The van der Waals surface area contributed by atoms with Crippen LogP contribution in [0.2, 0.25) is 0 Å². The molecule has 0 saturated carbocycles. The van der Waals surface area contributed by atoms with Crippen LogP contribution in [-0.4, -0.2) is 47.0 Å². The van der Waals surface area contributed by atoms with E-state index in [1.54, 1.807) is 0 Å². The minimum atomic E-state index is -4.67. The van der Waals surface area contributed by atoms with Crippen LogP contribution in [0.25, 0.3) is 151 Å². The van der Waals surface area contributed by atoms with E-state index in [0.29, 0.717) is 23.8 Å². The highest BCUT2D eigenvalue weighted by Gasteiger charge is 2.23. The van der Waals surface area contributed by atoms with E-state index in [9.17, 15) is 10.1 Å². The summed E-state index contributed by atoms with van der Waals surface area (Å²) in [5, 5.41) is 16.3. The molecule has 0 amide bonds. The Balaban J connectivity index is 0.000000122. The molecule has 0 saturated heterocycles. The zero-order chi connectivity index (χ0) is 82.3. The van der Waals surface area contributed by atoms with Gasteiger partial charge in [0.05, 0.1) is 44.7 Å². The molecular weight excluding hydrogens is 1900 g/mol. The van der Waals surface area contributed by atoms with Crippen LogP contribution >= 0.6 is 95.6 Å². The monoisotopic (exact) mass is 1950 g/mol. The Morgan fingerprint density at radius 2 is 0.597 bits per heavy atom. The Labute approximate surface area is 735 Å². The van der Waals surface area contributed by atoms with Crippen molar-refractivity contribution in [2.75, 3.05) is 0 Å². The number of benzene rings is 15. The van der Waals surface area contributed by atoms with E-state index in [1.807, 2.05) is 170 Å². The summed E-state index contributed by atoms with van der Waals surface area (Å²) in [4.78, 5) is 21.8. The number of carbonyl (C=O) groups is 1. The maximum Gasteiger partial charge on any atom is 0.394 e. The predicted molar refractivity (Wildman–Crippen MR) is 501 cm³/mol. The van der Waals surface area contributed by atoms with Crippen molar-refractivity contribution in [3.63, 3.8) is 0 Å². The van der Waals surface area contributed by atoms with Crippen LogP contribution in [0.4, 0.5) is 0 Å². The number of ketones is 1. The summed E-state index contributed by atoms with van der Waals surface area (Å²) in [7, 11) is -4.67. The number of aromatic nitrogens is 5. The first-order valence-corrected chi connectivity index (χ1v) is 43.5. The highest BCUT2D eigenvalue weighted by Crippen LogP contribution is 2.43. The number of nitriles is 1. The molecule has 0 atom stereocenters. The first-order chi connectivity index (χ1) is 57.8. The molecule has 20 rings (SSSR count). The van der Waals surface area contributed by atoms with Crippen LogP contribution in [0.1, 0.15) is 21.5 Å². The Morgan fingerprint density at radius 3 is 0.908 bits per heavy atom. The summed E-state index contributed by atoms with van der Waals surface area (Å²) in [5.41, 5.74) is 20.0. The first kappa shape index (κ1) is 80.8. The van der Waals surface area contributed by atoms with Crippen molar-refractivity contribution >= 4 is 177 Å². The molecular formula is C99H64Br6N6O7S. The van der Waals surface area contributed by atoms with E-state index in [1.165, 1.54) is 32.3 Å². The lowest BCUT2D eigenvalue weighted by molar-refractivity contribution is 0.0993. The second-order valence-corrected chi connectivity index (χ2v) is 33.9. The molecule has 5 heterocycles. The van der Waals surface area contributed by atoms with Crippen molar-refractivity contribution in [2.45, 2.75) is 6.42 Å². The number of rotatable bonds is 12. The lowest BCUT2D eigenvalue weighted by Gasteiger charge is -2.09. The van der Waals surface area contributed by atoms with Crippen molar-refractivity contribution in [3.05, 3.63) is 408 Å². The quantitative estimate of drug-likeness (QED) is 0.0882. The van der Waals surface area contributed by atoms with Gasteiger partial charge in [0.15, 0.2) is 17.3 Å². The molecule has 0 aliphatic heterocycles. The van der Waals surface area contributed by atoms with E-state index in [4.69, 9.17) is 36.3 Å². The number of hydrogen-bond donors (Lipinski definition) is 2. The third-order valence-electron chi connectivity index (χ3n) is 19.7. The zero-order valence-electron chi connectivity index (χ0n) is 62.6. The summed E-state index contributed by atoms with van der Waals surface area (Å²) >= 11 is 21.7. The topological polar surface area (TPSA) is 182 Å². The molecule has 5 aromatic heterocycles. The third-order valence-corrected chi connectivity index (χ3v) is 22.7. The van der Waals surface area contributed by atoms with Gasteiger partial charge in [-0.3, -0.25) is 13.9 Å². The largest absolute Gasteiger partial charge is 0.435 e. The lowest BCUT2D eigenvalue weighted by atomic mass is 10.0. The number of oxazole rings is 2. The van der Waals surface area contributed by atoms with E-state index in [-0.39, 0.29) is 5.78 Å². The van der Waals surface area contributed by atoms with Crippen molar-refractivity contribution in [1.29, 1.82) is 5.26 Å². The van der Waals surface area contributed by atoms with Gasteiger partial charge < -0.3 is 22.5 Å². The maximum atomic E-state index is 11.8. The summed E-state index contributed by atoms with van der Waals surface area (Å²) in [5.74, 6) is 2.89. The van der Waals surface area contributed by atoms with E-state index in [0.717, 1.165) is 144 Å². The van der Waals surface area contributed by atoms with Crippen LogP contribution < -0.4 is 0 Å². The molecule has 2 N–H and O–H groups in total. The van der Waals surface area contributed by atoms with Gasteiger partial charge in [-0.15, -0.1) is 0 Å². The molecule has 0 aliphatic carbocycles. The number of Topliss-reactive ketones (excluding diaryl/α,β-unsaturated/α-hetero) is 1. The van der Waals surface area contributed by atoms with Gasteiger partial charge in [-0.05, 0) is 169 Å². The fraction of sp³-hybridized carbons (Fsp3) is 0.0101. The minimum Gasteiger partial charge on any atom is -0.435 e. The fourth-order valence-corrected chi connectivity index (χ4v) is 16.7. The van der Waals surface area contributed by atoms with Gasteiger partial charge in [0.1, 0.15) is 11.4 Å². The van der Waals surface area contributed by atoms with E-state index >= 15 is 0 Å². The summed E-state index contributed by atoms with van der Waals surface area (Å²) < 4.78 is 57.7. The Morgan fingerprint density at radius 1 is 0.328 bits per heavy atom. The lowest BCUT2D eigenvalue weighted by Crippen LogP contribution is -2.02. The van der Waals surface area contributed by atoms with Crippen LogP contribution in [0.5, 0.6) is 0 Å². The molecule has 0 spiro atoms. The Hall–Kier alpha value is -12.0. The number of nitrogens with zero attached hydrogens (tertiary/aromatic N) is 6. The van der Waals surface area contributed by atoms with Gasteiger partial charge in [-0.25, -0.2) is 9.97 Å². The number of halogens is 6. The molecule has 0 fully saturated rings. The van der Waals surface area contributed by atoms with Crippen LogP contribution in [0.15, 0.2) is 400 Å². The van der Waals surface area contributed by atoms with Gasteiger partial charge >= 0.3 is 10.4 Å². The SMILES string of the molecule is Brc1ccc2c(c1)c1cc(Br)ccc1n2-c1cccc(-c2nc(-c3ccccc3)c(-c3ccccc3)o2)c1.Brc1ccc2c(c1)c1cc(Br)ccc1n2-c1cccc(-c2nc(-c3ccccc3)c(-c3ccccc3)o2)c1.N#Cc1cccc(-n2c3ccc(Br)cc3c3cc(Br)ccc32)c1.O=C(Cc1ccccc1)c1ccccc1.O=S(=O)(O)O. The predicted octanol–water partition coefficient (Wildman–Crippen LogP) is 29.2. The summed E-state index contributed by atoms with van der Waals surface area (Å²) in [6.07, 6.45) is 0.477. The normalized spacial score (nSPS) is 11.2. The molecule has 0 unspecified atom stereocenters. The molecule has 0 aliphatic rings. The smallest absolute Gasteiger partial charge is 0.394 e. The van der Waals surface area contributed by atoms with E-state index in [2.05, 4.69) is 309 Å². The zero-order valence-corrected chi connectivity index (χ0v) is 73.0. The van der Waals surface area contributed by atoms with Gasteiger partial charge in [-0.1, -0.05) is 296 Å². The van der Waals surface area contributed by atoms with Gasteiger partial charge in [0.25, 0.3) is 0 Å². The van der Waals surface area contributed by atoms with Crippen LogP contribution in [0, 0.1) is 11.3 Å². The Bertz CT molecular complexity index is 6720. The minimum absolute atomic E-state index is 0.168. The van der Waals surface area contributed by atoms with Crippen molar-refractivity contribution in [1.82, 2.24) is 23.7 Å². The highest BCUT2D eigenvalue weighted by molar-refractivity contribution is 9.11. The third kappa shape index (κ3) is 18.4. The van der Waals surface area contributed by atoms with Crippen LogP contribution in [0.3, 0.4) is 0 Å². The van der Waals surface area contributed by atoms with Gasteiger partial charge in [0, 0.05) is 122 Å². The molecule has 20 aromatic rings. The first-order valence-electron chi connectivity index (χ1n) is 37.3. The molecule has 0 bridgehead atoms. The van der Waals surface area contributed by atoms with Crippen molar-refractivity contribution in [3.8, 4) is 91.2 Å². The summed E-state index contributed by atoms with van der Waals surface area (Å²) in [6.45, 7) is 0. The second kappa shape index (κ2) is 36.1.